The third kappa shape index (κ3) is 1.61. The molecular weight excluding hydrogens is 148 g/mol. The van der Waals surface area contributed by atoms with E-state index in [0.717, 1.165) is 12.1 Å². The smallest absolute Gasteiger partial charge is 0.133 e. The number of nitrogens with one attached hydrogen (secondary N) is 1. The van der Waals surface area contributed by atoms with Gasteiger partial charge in [-0.2, -0.15) is 0 Å². The van der Waals surface area contributed by atoms with Gasteiger partial charge in [-0.3, -0.25) is 0 Å². The summed E-state index contributed by atoms with van der Waals surface area (Å²) in [4.78, 5) is 6.76. The molecule has 0 bridgehead atoms. The number of halogens is 1. The van der Waals surface area contributed by atoms with E-state index in [1.165, 1.54) is 0 Å². The molecule has 0 aliphatic carbocycles. The highest BCUT2D eigenvalue weighted by molar-refractivity contribution is 6.30. The van der Waals surface area contributed by atoms with Crippen LogP contribution in [0.4, 0.5) is 0 Å². The van der Waals surface area contributed by atoms with E-state index in [1.807, 2.05) is 12.2 Å². The van der Waals surface area contributed by atoms with Crippen LogP contribution in [0.1, 0.15) is 19.0 Å². The Labute approximate surface area is 64.9 Å². The highest BCUT2D eigenvalue weighted by Crippen LogP contribution is 2.10. The number of hydrogen-bond acceptors (Lipinski definition) is 1. The maximum absolute atomic E-state index is 5.71. The van der Waals surface area contributed by atoms with Gasteiger partial charge < -0.3 is 4.98 Å². The van der Waals surface area contributed by atoms with Gasteiger partial charge in [-0.25, -0.2) is 4.98 Å². The third-order valence-corrected chi connectivity index (χ3v) is 1.43. The van der Waals surface area contributed by atoms with Crippen LogP contribution in [0, 0.1) is 0 Å². The average Bonchev–Trinajstić information content (AvgIpc) is 2.31. The van der Waals surface area contributed by atoms with E-state index in [9.17, 15) is 0 Å². The van der Waals surface area contributed by atoms with Crippen molar-refractivity contribution in [2.45, 2.75) is 13.3 Å². The molecule has 0 aliphatic rings. The van der Waals surface area contributed by atoms with Crippen molar-refractivity contribution >= 4 is 17.7 Å². The van der Waals surface area contributed by atoms with Gasteiger partial charge in [-0.1, -0.05) is 24.6 Å². The van der Waals surface area contributed by atoms with E-state index < -0.39 is 0 Å². The zero-order valence-electron chi connectivity index (χ0n) is 5.76. The Balaban J connectivity index is 2.74. The summed E-state index contributed by atoms with van der Waals surface area (Å²) >= 11 is 5.71. The monoisotopic (exact) mass is 156 g/mol. The lowest BCUT2D eigenvalue weighted by atomic mass is 10.3. The van der Waals surface area contributed by atoms with E-state index >= 15 is 0 Å². The molecule has 0 amide bonds. The van der Waals surface area contributed by atoms with E-state index in [2.05, 4.69) is 16.9 Å². The van der Waals surface area contributed by atoms with E-state index in [-0.39, 0.29) is 0 Å². The van der Waals surface area contributed by atoms with Crippen LogP contribution in [-0.2, 0) is 0 Å². The Hall–Kier alpha value is -0.760. The number of aromatic nitrogens is 2. The van der Waals surface area contributed by atoms with Crippen LogP contribution in [0.25, 0.3) is 6.08 Å². The highest BCUT2D eigenvalue weighted by Gasteiger charge is 1.94. The number of imidazole rings is 1. The molecule has 1 rings (SSSR count). The molecule has 0 saturated heterocycles. The fraction of sp³-hybridized carbons (Fsp3) is 0.286. The van der Waals surface area contributed by atoms with Gasteiger partial charge in [0.25, 0.3) is 0 Å². The number of H-pyrrole nitrogens is 1. The van der Waals surface area contributed by atoms with E-state index in [0.29, 0.717) is 5.15 Å². The van der Waals surface area contributed by atoms with E-state index in [4.69, 9.17) is 11.6 Å². The normalized spacial score (nSPS) is 11.0. The minimum atomic E-state index is 0.602. The summed E-state index contributed by atoms with van der Waals surface area (Å²) in [6.45, 7) is 2.07. The quantitative estimate of drug-likeness (QED) is 0.700. The fourth-order valence-corrected chi connectivity index (χ4v) is 0.795. The lowest BCUT2D eigenvalue weighted by molar-refractivity contribution is 1.23. The summed E-state index contributed by atoms with van der Waals surface area (Å²) in [5.41, 5.74) is 0.809. The first kappa shape index (κ1) is 7.35. The van der Waals surface area contributed by atoms with Gasteiger partial charge in [-0.05, 0) is 12.5 Å². The molecule has 0 aliphatic heterocycles. The zero-order valence-corrected chi connectivity index (χ0v) is 6.52. The molecule has 54 valence electrons. The number of hydrogen-bond donors (Lipinski definition) is 1. The molecule has 0 fully saturated rings. The van der Waals surface area contributed by atoms with Crippen LogP contribution < -0.4 is 0 Å². The predicted molar refractivity (Wildman–Crippen MR) is 42.9 cm³/mol. The first-order valence-corrected chi connectivity index (χ1v) is 3.57. The second-order valence-electron chi connectivity index (χ2n) is 1.91. The van der Waals surface area contributed by atoms with Gasteiger partial charge in [0.05, 0.1) is 12.0 Å². The molecule has 10 heavy (non-hydrogen) atoms. The van der Waals surface area contributed by atoms with Crippen molar-refractivity contribution < 1.29 is 0 Å². The SMILES string of the molecule is CCC=Cc1nc[nH]c1Cl. The summed E-state index contributed by atoms with van der Waals surface area (Å²) in [5.74, 6) is 0. The first-order valence-electron chi connectivity index (χ1n) is 3.20. The molecule has 0 spiro atoms. The van der Waals surface area contributed by atoms with Crippen molar-refractivity contribution in [1.82, 2.24) is 9.97 Å². The lowest BCUT2D eigenvalue weighted by Crippen LogP contribution is -1.69. The minimum Gasteiger partial charge on any atom is -0.335 e. The number of rotatable bonds is 2. The van der Waals surface area contributed by atoms with Gasteiger partial charge in [0.2, 0.25) is 0 Å². The Morgan fingerprint density at radius 1 is 1.80 bits per heavy atom. The maximum atomic E-state index is 5.71. The number of aromatic amines is 1. The predicted octanol–water partition coefficient (Wildman–Crippen LogP) is 2.49. The van der Waals surface area contributed by atoms with Crippen LogP contribution in [0.5, 0.6) is 0 Å². The maximum Gasteiger partial charge on any atom is 0.133 e. The molecule has 1 aromatic heterocycles. The summed E-state index contributed by atoms with van der Waals surface area (Å²) in [6.07, 6.45) is 6.50. The summed E-state index contributed by atoms with van der Waals surface area (Å²) in [6, 6.07) is 0. The van der Waals surface area contributed by atoms with Gasteiger partial charge in [-0.15, -0.1) is 0 Å². The van der Waals surface area contributed by atoms with Crippen LogP contribution in [0.3, 0.4) is 0 Å². The second kappa shape index (κ2) is 3.42. The highest BCUT2D eigenvalue weighted by atomic mass is 35.5. The molecule has 0 unspecified atom stereocenters. The van der Waals surface area contributed by atoms with E-state index in [1.54, 1.807) is 6.33 Å². The Morgan fingerprint density at radius 3 is 3.10 bits per heavy atom. The lowest BCUT2D eigenvalue weighted by Gasteiger charge is -1.83. The van der Waals surface area contributed by atoms with Crippen LogP contribution in [0.15, 0.2) is 12.4 Å². The Kier molecular flexibility index (Phi) is 2.51. The standard InChI is InChI=1S/C7H9ClN2/c1-2-3-4-6-7(8)10-5-9-6/h3-5H,2H2,1H3,(H,9,10). The fourth-order valence-electron chi connectivity index (χ4n) is 0.635. The summed E-state index contributed by atoms with van der Waals surface area (Å²) in [7, 11) is 0. The van der Waals surface area contributed by atoms with Crippen molar-refractivity contribution in [3.63, 3.8) is 0 Å². The van der Waals surface area contributed by atoms with Gasteiger partial charge in [0.15, 0.2) is 0 Å². The first-order chi connectivity index (χ1) is 4.84. The van der Waals surface area contributed by atoms with Crippen LogP contribution in [-0.4, -0.2) is 9.97 Å². The van der Waals surface area contributed by atoms with Crippen molar-refractivity contribution in [1.29, 1.82) is 0 Å². The van der Waals surface area contributed by atoms with Crippen LogP contribution >= 0.6 is 11.6 Å². The minimum absolute atomic E-state index is 0.602. The van der Waals surface area contributed by atoms with Gasteiger partial charge in [0.1, 0.15) is 5.15 Å². The molecule has 0 radical (unpaired) electrons. The Morgan fingerprint density at radius 2 is 2.60 bits per heavy atom. The van der Waals surface area contributed by atoms with Crippen molar-refractivity contribution in [2.75, 3.05) is 0 Å². The molecule has 0 aromatic carbocycles. The summed E-state index contributed by atoms with van der Waals surface area (Å²) < 4.78 is 0. The largest absolute Gasteiger partial charge is 0.335 e. The van der Waals surface area contributed by atoms with Gasteiger partial charge in [0, 0.05) is 0 Å². The zero-order chi connectivity index (χ0) is 7.40. The van der Waals surface area contributed by atoms with Crippen molar-refractivity contribution in [3.05, 3.63) is 23.3 Å². The molecule has 2 nitrogen and oxygen atoms in total. The van der Waals surface area contributed by atoms with Crippen molar-refractivity contribution in [3.8, 4) is 0 Å². The molecule has 0 atom stereocenters. The average molecular weight is 157 g/mol. The second-order valence-corrected chi connectivity index (χ2v) is 2.29. The van der Waals surface area contributed by atoms with Crippen LogP contribution in [0.2, 0.25) is 5.15 Å². The number of allylic oxidation sites excluding steroid dienone is 1. The molecule has 1 N–H and O–H groups in total. The topological polar surface area (TPSA) is 28.7 Å². The molecular formula is C7H9ClN2. The third-order valence-electron chi connectivity index (χ3n) is 1.13. The van der Waals surface area contributed by atoms with Gasteiger partial charge >= 0.3 is 0 Å². The van der Waals surface area contributed by atoms with Crippen molar-refractivity contribution in [2.24, 2.45) is 0 Å². The number of nitrogens with zero attached hydrogens (tertiary/aromatic N) is 1. The molecule has 1 heterocycles. The molecule has 1 aromatic rings. The Bertz CT molecular complexity index is 227. The molecule has 0 saturated carbocycles. The summed E-state index contributed by atoms with van der Waals surface area (Å²) in [5, 5.41) is 0.602. The molecule has 3 heteroatoms.